The molecule has 3 N–H and O–H groups in total. The Hall–Kier alpha value is -2.70. The summed E-state index contributed by atoms with van der Waals surface area (Å²) >= 11 is 0. The molecule has 1 saturated heterocycles. The second-order valence-corrected chi connectivity index (χ2v) is 14.0. The molecule has 0 saturated carbocycles. The van der Waals surface area contributed by atoms with E-state index < -0.39 is 56.8 Å². The van der Waals surface area contributed by atoms with E-state index in [0.29, 0.717) is 30.8 Å². The highest BCUT2D eigenvalue weighted by atomic mass is 31.2. The number of carbonyl (C=O) groups excluding carboxylic acids is 1. The third-order valence-electron chi connectivity index (χ3n) is 8.54. The second kappa shape index (κ2) is 18.2. The summed E-state index contributed by atoms with van der Waals surface area (Å²) < 4.78 is 61.1. The van der Waals surface area contributed by atoms with Gasteiger partial charge >= 0.3 is 19.8 Å². The number of halogens is 2. The number of nitrogens with two attached hydrogens (primary N) is 1. The number of benzene rings is 1. The van der Waals surface area contributed by atoms with Crippen LogP contribution < -0.4 is 15.9 Å². The van der Waals surface area contributed by atoms with Crippen LogP contribution in [0.3, 0.4) is 0 Å². The van der Waals surface area contributed by atoms with Crippen LogP contribution in [0.5, 0.6) is 5.75 Å². The Morgan fingerprint density at radius 1 is 1.13 bits per heavy atom. The van der Waals surface area contributed by atoms with Crippen molar-refractivity contribution in [1.29, 1.82) is 0 Å². The van der Waals surface area contributed by atoms with Gasteiger partial charge in [0.05, 0.1) is 19.1 Å². The summed E-state index contributed by atoms with van der Waals surface area (Å²) in [5, 5.41) is 0. The Morgan fingerprint density at radius 2 is 1.83 bits per heavy atom. The minimum atomic E-state index is -3.98. The first-order valence-electron chi connectivity index (χ1n) is 16.8. The highest BCUT2D eigenvalue weighted by Crippen LogP contribution is 2.61. The van der Waals surface area contributed by atoms with Crippen LogP contribution in [0.15, 0.2) is 41.3 Å². The van der Waals surface area contributed by atoms with Crippen molar-refractivity contribution in [3.8, 4) is 5.75 Å². The maximum Gasteiger partial charge on any atom is 0.619 e. The Balaban J connectivity index is 1.45. The zero-order chi connectivity index (χ0) is 33.7. The highest BCUT2D eigenvalue weighted by molar-refractivity contribution is 7.55. The molecule has 0 amide bonds. The third kappa shape index (κ3) is 11.5. The number of esters is 1. The molecule has 3 heterocycles. The molecule has 0 radical (unpaired) electrons. The maximum atomic E-state index is 16.4. The number of anilines is 1. The lowest BCUT2D eigenvalue weighted by atomic mass is 9.92. The van der Waals surface area contributed by atoms with E-state index in [2.05, 4.69) is 11.9 Å². The van der Waals surface area contributed by atoms with Crippen molar-refractivity contribution >= 4 is 20.0 Å². The van der Waals surface area contributed by atoms with Crippen molar-refractivity contribution in [3.63, 3.8) is 0 Å². The number of nitrogen functional groups attached to an aromatic ring is 1. The van der Waals surface area contributed by atoms with Crippen LogP contribution in [-0.4, -0.2) is 52.3 Å². The van der Waals surface area contributed by atoms with Gasteiger partial charge in [-0.1, -0.05) is 89.3 Å². The van der Waals surface area contributed by atoms with Crippen LogP contribution >= 0.6 is 8.17 Å². The summed E-state index contributed by atoms with van der Waals surface area (Å²) in [5.74, 6) is -5.76. The van der Waals surface area contributed by atoms with Gasteiger partial charge in [-0.2, -0.15) is 9.88 Å². The lowest BCUT2D eigenvalue weighted by Gasteiger charge is -2.31. The lowest BCUT2D eigenvalue weighted by molar-refractivity contribution is -0.161. The van der Waals surface area contributed by atoms with E-state index in [-0.39, 0.29) is 25.5 Å². The van der Waals surface area contributed by atoms with Crippen LogP contribution in [0, 0.1) is 5.92 Å². The number of aromatic nitrogens is 2. The number of fused-ring (bicyclic) bond motifs is 1. The molecule has 2 aliphatic rings. The predicted molar refractivity (Wildman–Crippen MR) is 174 cm³/mol. The zero-order valence-corrected chi connectivity index (χ0v) is 28.1. The summed E-state index contributed by atoms with van der Waals surface area (Å²) in [5.41, 5.74) is 5.43. The van der Waals surface area contributed by atoms with Crippen LogP contribution in [0.4, 0.5) is 14.6 Å². The van der Waals surface area contributed by atoms with E-state index in [1.54, 1.807) is 24.3 Å². The van der Waals surface area contributed by atoms with Gasteiger partial charge in [-0.25, -0.2) is 13.6 Å². The summed E-state index contributed by atoms with van der Waals surface area (Å²) in [6, 6.07) is 6.57. The number of para-hydroxylation sites is 1. The van der Waals surface area contributed by atoms with E-state index in [0.717, 1.165) is 30.3 Å². The number of ether oxygens (including phenoxy) is 2. The topological polar surface area (TPSA) is 144 Å². The smallest absolute Gasteiger partial charge is 0.460 e. The summed E-state index contributed by atoms with van der Waals surface area (Å²) in [7, 11) is -3.98. The molecule has 0 aliphatic carbocycles. The molecule has 1 aromatic heterocycles. The second-order valence-electron chi connectivity index (χ2n) is 12.4. The van der Waals surface area contributed by atoms with Crippen LogP contribution in [-0.2, 0) is 29.9 Å². The first-order valence-corrected chi connectivity index (χ1v) is 18.3. The number of nitrogens with zero attached hydrogens (tertiary/aromatic N) is 2. The lowest BCUT2D eigenvalue weighted by Crippen LogP contribution is -2.41. The van der Waals surface area contributed by atoms with Gasteiger partial charge in [0, 0.05) is 24.6 Å². The van der Waals surface area contributed by atoms with Gasteiger partial charge in [-0.15, -0.1) is 9.05 Å². The minimum Gasteiger partial charge on any atom is -0.460 e. The Morgan fingerprint density at radius 3 is 2.51 bits per heavy atom. The molecule has 4 atom stereocenters. The third-order valence-corrected chi connectivity index (χ3v) is 9.90. The van der Waals surface area contributed by atoms with Gasteiger partial charge in [0.2, 0.25) is 0 Å². The van der Waals surface area contributed by atoms with Crippen LogP contribution in [0.25, 0.3) is 0 Å². The van der Waals surface area contributed by atoms with Gasteiger partial charge in [0.1, 0.15) is 31.2 Å². The van der Waals surface area contributed by atoms with Gasteiger partial charge < -0.3 is 15.2 Å². The molecule has 1 aromatic carbocycles. The number of alkyl halides is 2. The van der Waals surface area contributed by atoms with E-state index in [1.807, 2.05) is 0 Å². The summed E-state index contributed by atoms with van der Waals surface area (Å²) in [6.07, 6.45) is 10.3. The quantitative estimate of drug-likeness (QED) is 0.0854. The molecule has 0 bridgehead atoms. The van der Waals surface area contributed by atoms with Gasteiger partial charge in [-0.05, 0) is 18.6 Å². The Labute approximate surface area is 275 Å². The molecule has 0 spiro atoms. The monoisotopic (exact) mass is 684 g/mol. The average molecular weight is 685 g/mol. The first-order chi connectivity index (χ1) is 22.6. The normalized spacial score (nSPS) is 20.7. The van der Waals surface area contributed by atoms with Crippen LogP contribution in [0.1, 0.15) is 102 Å². The molecular formula is C33H49F2N3O8P+. The highest BCUT2D eigenvalue weighted by Gasteiger charge is 2.53. The molecule has 262 valence electrons. The van der Waals surface area contributed by atoms with Crippen molar-refractivity contribution in [3.05, 3.63) is 52.6 Å². The van der Waals surface area contributed by atoms with Gasteiger partial charge in [-0.3, -0.25) is 13.9 Å². The first kappa shape index (κ1) is 37.1. The number of rotatable bonds is 20. The van der Waals surface area contributed by atoms with Crippen molar-refractivity contribution < 1.29 is 41.5 Å². The average Bonchev–Trinajstić information content (AvgIpc) is 3.55. The van der Waals surface area contributed by atoms with Crippen molar-refractivity contribution in [1.82, 2.24) is 9.55 Å². The number of hydrogen-bond acceptors (Lipinski definition) is 10. The molecule has 1 fully saturated rings. The van der Waals surface area contributed by atoms with Crippen molar-refractivity contribution in [2.45, 2.75) is 115 Å². The molecular weight excluding hydrogens is 635 g/mol. The SMILES string of the molecule is CCCCCCCCCCCCC(n1ccc(N)nc1=O)C(F)(F)CC(CO[P+]1(O)OCc2ccccc2O1)C(=O)OC1CCOC1. The molecule has 14 heteroatoms. The maximum absolute atomic E-state index is 16.4. The molecule has 4 unspecified atom stereocenters. The number of hydrogen-bond donors (Lipinski definition) is 2. The van der Waals surface area contributed by atoms with Crippen molar-refractivity contribution in [2.24, 2.45) is 5.92 Å². The molecule has 2 aromatic rings. The fourth-order valence-corrected chi connectivity index (χ4v) is 7.12. The van der Waals surface area contributed by atoms with E-state index in [1.165, 1.54) is 44.4 Å². The molecule has 11 nitrogen and oxygen atoms in total. The zero-order valence-electron chi connectivity index (χ0n) is 27.2. The number of unbranched alkanes of at least 4 members (excludes halogenated alkanes) is 9. The van der Waals surface area contributed by atoms with E-state index >= 15 is 8.78 Å². The Bertz CT molecular complexity index is 1330. The number of carbonyl (C=O) groups is 1. The summed E-state index contributed by atoms with van der Waals surface area (Å²) in [4.78, 5) is 40.7. The van der Waals surface area contributed by atoms with Gasteiger partial charge in [0.15, 0.2) is 5.75 Å². The largest absolute Gasteiger partial charge is 0.619 e. The van der Waals surface area contributed by atoms with Gasteiger partial charge in [0.25, 0.3) is 5.92 Å². The minimum absolute atomic E-state index is 0.0148. The predicted octanol–water partition coefficient (Wildman–Crippen LogP) is 6.95. The summed E-state index contributed by atoms with van der Waals surface area (Å²) in [6.45, 7) is 2.05. The molecule has 47 heavy (non-hydrogen) atoms. The van der Waals surface area contributed by atoms with Crippen molar-refractivity contribution in [2.75, 3.05) is 25.6 Å². The fraction of sp³-hybridized carbons (Fsp3) is 0.667. The molecule has 4 rings (SSSR count). The van der Waals surface area contributed by atoms with E-state index in [4.69, 9.17) is 28.8 Å². The molecule has 2 aliphatic heterocycles. The standard InChI is InChI=1S/C33H48F2N3O8P/c1-2-3-4-5-6-7-8-9-10-11-16-29(38-19-17-30(36)37-32(38)40)33(34,35)21-26(31(39)45-27-18-20-42-24-27)23-44-47(41)43-22-25-14-12-13-15-28(25)46-47/h12-15,17,19,26-27,29,41H,2-11,16,18,20-24H2,1H3,(H-,36,37,40)/p+1. The van der Waals surface area contributed by atoms with E-state index in [9.17, 15) is 14.5 Å². The van der Waals surface area contributed by atoms with Crippen LogP contribution in [0.2, 0.25) is 0 Å². The Kier molecular flexibility index (Phi) is 14.4. The fourth-order valence-electron chi connectivity index (χ4n) is 5.84.